The standard InChI is InChI=1S/C19H20BrNO4S/c1-11(2)17-18(22)21(8-7-13-4-3-9-26-13)16(19(23)24)14-10-12(20)5-6-15(14)25-17/h3-6,9-11,16-17H,7-8H2,1-2H3,(H,23,24). The number of halogens is 1. The van der Waals surface area contributed by atoms with Crippen molar-refractivity contribution in [3.63, 3.8) is 0 Å². The first-order chi connectivity index (χ1) is 12.4. The number of benzene rings is 1. The van der Waals surface area contributed by atoms with Gasteiger partial charge in [0, 0.05) is 21.5 Å². The van der Waals surface area contributed by atoms with E-state index in [1.807, 2.05) is 31.4 Å². The van der Waals surface area contributed by atoms with Crippen LogP contribution >= 0.6 is 27.3 Å². The maximum atomic E-state index is 13.1. The van der Waals surface area contributed by atoms with E-state index >= 15 is 0 Å². The van der Waals surface area contributed by atoms with Gasteiger partial charge in [0.2, 0.25) is 0 Å². The highest BCUT2D eigenvalue weighted by Crippen LogP contribution is 2.37. The number of amides is 1. The Kier molecular flexibility index (Phi) is 5.67. The van der Waals surface area contributed by atoms with E-state index < -0.39 is 18.1 Å². The molecule has 1 aromatic carbocycles. The van der Waals surface area contributed by atoms with Crippen LogP contribution in [0.2, 0.25) is 0 Å². The summed E-state index contributed by atoms with van der Waals surface area (Å²) in [5.41, 5.74) is 0.495. The topological polar surface area (TPSA) is 66.8 Å². The Balaban J connectivity index is 2.04. The lowest BCUT2D eigenvalue weighted by atomic mass is 10.0. The summed E-state index contributed by atoms with van der Waals surface area (Å²) in [6, 6.07) is 8.11. The summed E-state index contributed by atoms with van der Waals surface area (Å²) >= 11 is 4.99. The van der Waals surface area contributed by atoms with Crippen molar-refractivity contribution < 1.29 is 19.4 Å². The maximum Gasteiger partial charge on any atom is 0.331 e. The van der Waals surface area contributed by atoms with Crippen LogP contribution in [0.15, 0.2) is 40.2 Å². The fourth-order valence-corrected chi connectivity index (χ4v) is 4.18. The van der Waals surface area contributed by atoms with E-state index in [0.717, 1.165) is 9.35 Å². The largest absolute Gasteiger partial charge is 0.480 e. The van der Waals surface area contributed by atoms with Crippen LogP contribution in [0.3, 0.4) is 0 Å². The van der Waals surface area contributed by atoms with Gasteiger partial charge in [-0.3, -0.25) is 4.79 Å². The van der Waals surface area contributed by atoms with Crippen LogP contribution in [-0.2, 0) is 16.0 Å². The van der Waals surface area contributed by atoms with Crippen LogP contribution in [-0.4, -0.2) is 34.5 Å². The van der Waals surface area contributed by atoms with E-state index in [9.17, 15) is 14.7 Å². The Bertz CT molecular complexity index is 806. The van der Waals surface area contributed by atoms with Gasteiger partial charge in [-0.25, -0.2) is 4.79 Å². The van der Waals surface area contributed by atoms with Crippen LogP contribution in [0.5, 0.6) is 5.75 Å². The maximum absolute atomic E-state index is 13.1. The van der Waals surface area contributed by atoms with Crippen LogP contribution in [0, 0.1) is 5.92 Å². The van der Waals surface area contributed by atoms with Crippen molar-refractivity contribution in [3.05, 3.63) is 50.6 Å². The van der Waals surface area contributed by atoms with Crippen molar-refractivity contribution in [3.8, 4) is 5.75 Å². The lowest BCUT2D eigenvalue weighted by Gasteiger charge is -2.29. The molecule has 1 amide bonds. The number of hydrogen-bond donors (Lipinski definition) is 1. The highest BCUT2D eigenvalue weighted by atomic mass is 79.9. The van der Waals surface area contributed by atoms with Crippen LogP contribution in [0.4, 0.5) is 0 Å². The minimum atomic E-state index is -1.07. The van der Waals surface area contributed by atoms with Gasteiger partial charge >= 0.3 is 5.97 Å². The summed E-state index contributed by atoms with van der Waals surface area (Å²) in [5, 5.41) is 11.9. The molecule has 0 saturated carbocycles. The second-order valence-electron chi connectivity index (χ2n) is 6.57. The number of carbonyl (C=O) groups excluding carboxylic acids is 1. The number of carboxylic acid groups (broad SMARTS) is 1. The lowest BCUT2D eigenvalue weighted by Crippen LogP contribution is -2.46. The molecule has 2 unspecified atom stereocenters. The lowest BCUT2D eigenvalue weighted by molar-refractivity contribution is -0.153. The zero-order chi connectivity index (χ0) is 18.8. The van der Waals surface area contributed by atoms with E-state index in [4.69, 9.17) is 4.74 Å². The molecule has 0 spiro atoms. The third kappa shape index (κ3) is 3.78. The molecular weight excluding hydrogens is 418 g/mol. The molecule has 1 aliphatic heterocycles. The molecule has 0 fully saturated rings. The van der Waals surface area contributed by atoms with Crippen molar-refractivity contribution in [2.75, 3.05) is 6.54 Å². The number of thiophene rings is 1. The quantitative estimate of drug-likeness (QED) is 0.763. The molecule has 2 atom stereocenters. The highest BCUT2D eigenvalue weighted by molar-refractivity contribution is 9.10. The van der Waals surface area contributed by atoms with E-state index in [0.29, 0.717) is 24.3 Å². The molecule has 0 aliphatic carbocycles. The van der Waals surface area contributed by atoms with E-state index in [-0.39, 0.29) is 11.8 Å². The Hall–Kier alpha value is -1.86. The summed E-state index contributed by atoms with van der Waals surface area (Å²) in [6.45, 7) is 4.13. The first kappa shape index (κ1) is 18.9. The summed E-state index contributed by atoms with van der Waals surface area (Å²) < 4.78 is 6.71. The van der Waals surface area contributed by atoms with E-state index in [1.165, 1.54) is 4.90 Å². The molecule has 1 N–H and O–H groups in total. The van der Waals surface area contributed by atoms with Gasteiger partial charge in [0.1, 0.15) is 5.75 Å². The molecular formula is C19H20BrNO4S. The molecule has 5 nitrogen and oxygen atoms in total. The summed E-state index contributed by atoms with van der Waals surface area (Å²) in [6.07, 6.45) is -0.0935. The number of hydrogen-bond acceptors (Lipinski definition) is 4. The third-order valence-corrected chi connectivity index (χ3v) is 5.81. The molecule has 26 heavy (non-hydrogen) atoms. The van der Waals surface area contributed by atoms with E-state index in [1.54, 1.807) is 29.5 Å². The zero-order valence-electron chi connectivity index (χ0n) is 14.5. The molecule has 3 rings (SSSR count). The molecule has 1 aromatic heterocycles. The summed E-state index contributed by atoms with van der Waals surface area (Å²) in [7, 11) is 0. The molecule has 0 bridgehead atoms. The van der Waals surface area contributed by atoms with Crippen molar-refractivity contribution in [1.82, 2.24) is 4.90 Å². The second-order valence-corrected chi connectivity index (χ2v) is 8.51. The Morgan fingerprint density at radius 2 is 2.15 bits per heavy atom. The van der Waals surface area contributed by atoms with Gasteiger partial charge < -0.3 is 14.7 Å². The zero-order valence-corrected chi connectivity index (χ0v) is 16.9. The number of carbonyl (C=O) groups is 2. The summed E-state index contributed by atoms with van der Waals surface area (Å²) in [5.74, 6) is -0.963. The third-order valence-electron chi connectivity index (χ3n) is 4.38. The molecule has 0 saturated heterocycles. The van der Waals surface area contributed by atoms with Gasteiger partial charge in [0.25, 0.3) is 5.91 Å². The second kappa shape index (κ2) is 7.80. The van der Waals surface area contributed by atoms with Crippen LogP contribution in [0.1, 0.15) is 30.3 Å². The average Bonchev–Trinajstić information content (AvgIpc) is 3.05. The van der Waals surface area contributed by atoms with Crippen molar-refractivity contribution >= 4 is 39.1 Å². The Morgan fingerprint density at radius 1 is 1.38 bits per heavy atom. The molecule has 7 heteroatoms. The Labute approximate surface area is 164 Å². The minimum absolute atomic E-state index is 0.0734. The minimum Gasteiger partial charge on any atom is -0.480 e. The van der Waals surface area contributed by atoms with Gasteiger partial charge in [-0.2, -0.15) is 0 Å². The van der Waals surface area contributed by atoms with Gasteiger partial charge in [0.05, 0.1) is 0 Å². The number of rotatable bonds is 5. The van der Waals surface area contributed by atoms with Gasteiger partial charge in [0.15, 0.2) is 12.1 Å². The molecule has 1 aliphatic rings. The van der Waals surface area contributed by atoms with Gasteiger partial charge in [-0.05, 0) is 42.0 Å². The van der Waals surface area contributed by atoms with E-state index in [2.05, 4.69) is 15.9 Å². The average molecular weight is 438 g/mol. The predicted octanol–water partition coefficient (Wildman–Crippen LogP) is 4.12. The van der Waals surface area contributed by atoms with Crippen molar-refractivity contribution in [1.29, 1.82) is 0 Å². The number of aliphatic carboxylic acids is 1. The molecule has 0 radical (unpaired) electrons. The number of carboxylic acids is 1. The normalized spacial score (nSPS) is 19.8. The number of nitrogens with zero attached hydrogens (tertiary/aromatic N) is 1. The smallest absolute Gasteiger partial charge is 0.331 e. The summed E-state index contributed by atoms with van der Waals surface area (Å²) in [4.78, 5) is 27.8. The molecule has 2 aromatic rings. The molecule has 2 heterocycles. The fourth-order valence-electron chi connectivity index (χ4n) is 3.10. The number of ether oxygens (including phenoxy) is 1. The first-order valence-corrected chi connectivity index (χ1v) is 10.1. The van der Waals surface area contributed by atoms with Gasteiger partial charge in [-0.1, -0.05) is 35.8 Å². The molecule has 138 valence electrons. The fraction of sp³-hybridized carbons (Fsp3) is 0.368. The Morgan fingerprint density at radius 3 is 2.77 bits per heavy atom. The number of fused-ring (bicyclic) bond motifs is 1. The van der Waals surface area contributed by atoms with Gasteiger partial charge in [-0.15, -0.1) is 11.3 Å². The predicted molar refractivity (Wildman–Crippen MR) is 104 cm³/mol. The monoisotopic (exact) mass is 437 g/mol. The van der Waals surface area contributed by atoms with Crippen molar-refractivity contribution in [2.24, 2.45) is 5.92 Å². The van der Waals surface area contributed by atoms with Crippen molar-refractivity contribution in [2.45, 2.75) is 32.4 Å². The highest BCUT2D eigenvalue weighted by Gasteiger charge is 2.41. The van der Waals surface area contributed by atoms with Crippen LogP contribution < -0.4 is 4.74 Å². The van der Waals surface area contributed by atoms with Crippen LogP contribution in [0.25, 0.3) is 0 Å². The SMILES string of the molecule is CC(C)C1Oc2ccc(Br)cc2C(C(=O)O)N(CCc2cccs2)C1=O. The first-order valence-electron chi connectivity index (χ1n) is 8.40.